The Kier molecular flexibility index (Phi) is 7.18. The molecule has 26 heavy (non-hydrogen) atoms. The molecule has 0 aromatic heterocycles. The van der Waals surface area contributed by atoms with Gasteiger partial charge in [0.15, 0.2) is 6.61 Å². The number of carbonyl (C=O) groups is 3. The molecule has 1 aromatic rings. The first-order valence-electron chi connectivity index (χ1n) is 8.46. The number of amides is 2. The van der Waals surface area contributed by atoms with Gasteiger partial charge in [-0.15, -0.1) is 0 Å². The molecule has 1 unspecified atom stereocenters. The largest absolute Gasteiger partial charge is 0.484 e. The molecule has 0 aliphatic rings. The highest BCUT2D eigenvalue weighted by Crippen LogP contribution is 2.24. The van der Waals surface area contributed by atoms with Crippen molar-refractivity contribution in [2.75, 3.05) is 18.6 Å². The number of aliphatic carboxylic acids is 1. The maximum atomic E-state index is 12.3. The number of carboxylic acid groups (broad SMARTS) is 1. The molecule has 1 atom stereocenters. The van der Waals surface area contributed by atoms with Gasteiger partial charge < -0.3 is 20.1 Å². The summed E-state index contributed by atoms with van der Waals surface area (Å²) in [6.07, 6.45) is 0. The van der Waals surface area contributed by atoms with Crippen molar-refractivity contribution < 1.29 is 24.2 Å². The van der Waals surface area contributed by atoms with Gasteiger partial charge in [0.25, 0.3) is 5.91 Å². The van der Waals surface area contributed by atoms with Crippen molar-refractivity contribution in [3.8, 4) is 5.75 Å². The summed E-state index contributed by atoms with van der Waals surface area (Å²) in [4.78, 5) is 36.8. The Labute approximate surface area is 154 Å². The van der Waals surface area contributed by atoms with Crippen molar-refractivity contribution in [3.05, 3.63) is 24.3 Å². The zero-order valence-electron chi connectivity index (χ0n) is 16.2. The first-order valence-corrected chi connectivity index (χ1v) is 8.46. The Balaban J connectivity index is 2.64. The standard InChI is InChI=1S/C19H28N2O5/c1-12(2)16(17(23)24)20-15(22)11-26-14-9-7-13(8-10-14)21(6)18(25)19(3,4)5/h7-10,12,16H,11H2,1-6H3,(H,20,22)(H,23,24). The number of benzene rings is 1. The van der Waals surface area contributed by atoms with E-state index in [-0.39, 0.29) is 18.4 Å². The number of carbonyl (C=O) groups excluding carboxylic acids is 2. The van der Waals surface area contributed by atoms with E-state index in [9.17, 15) is 14.4 Å². The van der Waals surface area contributed by atoms with Gasteiger partial charge in [-0.1, -0.05) is 34.6 Å². The quantitative estimate of drug-likeness (QED) is 0.774. The molecule has 1 aromatic carbocycles. The number of hydrogen-bond acceptors (Lipinski definition) is 4. The molecule has 0 saturated heterocycles. The normalized spacial score (nSPS) is 12.4. The summed E-state index contributed by atoms with van der Waals surface area (Å²) in [6, 6.07) is 5.82. The van der Waals surface area contributed by atoms with Crippen LogP contribution in [0.2, 0.25) is 0 Å². The zero-order chi connectivity index (χ0) is 20.1. The molecule has 0 aliphatic heterocycles. The average molecular weight is 364 g/mol. The van der Waals surface area contributed by atoms with Gasteiger partial charge in [-0.05, 0) is 30.2 Å². The third-order valence-corrected chi connectivity index (χ3v) is 3.79. The Hall–Kier alpha value is -2.57. The average Bonchev–Trinajstić information content (AvgIpc) is 2.55. The van der Waals surface area contributed by atoms with E-state index in [2.05, 4.69) is 5.32 Å². The van der Waals surface area contributed by atoms with Crippen LogP contribution in [0.1, 0.15) is 34.6 Å². The van der Waals surface area contributed by atoms with E-state index < -0.39 is 23.3 Å². The fourth-order valence-corrected chi connectivity index (χ4v) is 2.26. The number of rotatable bonds is 7. The van der Waals surface area contributed by atoms with Gasteiger partial charge in [0, 0.05) is 18.2 Å². The first kappa shape index (κ1) is 21.5. The molecule has 7 heteroatoms. The van der Waals surface area contributed by atoms with Crippen LogP contribution in [-0.2, 0) is 14.4 Å². The minimum absolute atomic E-state index is 0.0149. The lowest BCUT2D eigenvalue weighted by Gasteiger charge is -2.26. The van der Waals surface area contributed by atoms with E-state index in [0.717, 1.165) is 0 Å². The predicted molar refractivity (Wildman–Crippen MR) is 99.2 cm³/mol. The molecule has 0 bridgehead atoms. The van der Waals surface area contributed by atoms with Crippen LogP contribution in [0.15, 0.2) is 24.3 Å². The van der Waals surface area contributed by atoms with E-state index in [4.69, 9.17) is 9.84 Å². The lowest BCUT2D eigenvalue weighted by molar-refractivity contribution is -0.143. The second-order valence-corrected chi connectivity index (χ2v) is 7.52. The van der Waals surface area contributed by atoms with Crippen molar-refractivity contribution in [1.29, 1.82) is 0 Å². The van der Waals surface area contributed by atoms with Crippen LogP contribution in [0, 0.1) is 11.3 Å². The highest BCUT2D eigenvalue weighted by Gasteiger charge is 2.26. The molecule has 0 heterocycles. The maximum Gasteiger partial charge on any atom is 0.326 e. The van der Waals surface area contributed by atoms with Crippen LogP contribution >= 0.6 is 0 Å². The number of anilines is 1. The molecule has 0 fully saturated rings. The number of carboxylic acids is 1. The van der Waals surface area contributed by atoms with Gasteiger partial charge in [0.2, 0.25) is 5.91 Å². The third-order valence-electron chi connectivity index (χ3n) is 3.79. The second-order valence-electron chi connectivity index (χ2n) is 7.52. The number of hydrogen-bond donors (Lipinski definition) is 2. The van der Waals surface area contributed by atoms with E-state index >= 15 is 0 Å². The first-order chi connectivity index (χ1) is 11.9. The van der Waals surface area contributed by atoms with Crippen LogP contribution < -0.4 is 15.0 Å². The zero-order valence-corrected chi connectivity index (χ0v) is 16.2. The Morgan fingerprint density at radius 2 is 1.69 bits per heavy atom. The fourth-order valence-electron chi connectivity index (χ4n) is 2.26. The summed E-state index contributed by atoms with van der Waals surface area (Å²) < 4.78 is 5.38. The SMILES string of the molecule is CC(C)C(NC(=O)COc1ccc(N(C)C(=O)C(C)(C)C)cc1)C(=O)O. The molecule has 7 nitrogen and oxygen atoms in total. The fraction of sp³-hybridized carbons (Fsp3) is 0.526. The molecular weight excluding hydrogens is 336 g/mol. The summed E-state index contributed by atoms with van der Waals surface area (Å²) in [5.41, 5.74) is 0.228. The van der Waals surface area contributed by atoms with Gasteiger partial charge in [-0.25, -0.2) is 4.79 Å². The predicted octanol–water partition coefficient (Wildman–Crippen LogP) is 2.30. The lowest BCUT2D eigenvalue weighted by atomic mass is 9.95. The van der Waals surface area contributed by atoms with Crippen molar-refractivity contribution in [3.63, 3.8) is 0 Å². The molecular formula is C19H28N2O5. The van der Waals surface area contributed by atoms with Crippen LogP contribution in [0.3, 0.4) is 0 Å². The summed E-state index contributed by atoms with van der Waals surface area (Å²) in [7, 11) is 1.70. The molecule has 144 valence electrons. The lowest BCUT2D eigenvalue weighted by Crippen LogP contribution is -2.46. The second kappa shape index (κ2) is 8.69. The minimum Gasteiger partial charge on any atom is -0.484 e. The third kappa shape index (κ3) is 6.06. The maximum absolute atomic E-state index is 12.3. The van der Waals surface area contributed by atoms with Crippen molar-refractivity contribution >= 4 is 23.5 Å². The summed E-state index contributed by atoms with van der Waals surface area (Å²) in [6.45, 7) is 8.70. The Morgan fingerprint density at radius 1 is 1.15 bits per heavy atom. The van der Waals surface area contributed by atoms with Gasteiger partial charge >= 0.3 is 5.97 Å². The van der Waals surface area contributed by atoms with E-state index in [1.807, 2.05) is 20.8 Å². The number of nitrogens with one attached hydrogen (secondary N) is 1. The number of ether oxygens (including phenoxy) is 1. The molecule has 2 amide bonds. The smallest absolute Gasteiger partial charge is 0.326 e. The molecule has 0 radical (unpaired) electrons. The van der Waals surface area contributed by atoms with E-state index in [0.29, 0.717) is 11.4 Å². The van der Waals surface area contributed by atoms with E-state index in [1.54, 1.807) is 50.1 Å². The van der Waals surface area contributed by atoms with Crippen molar-refractivity contribution in [2.45, 2.75) is 40.7 Å². The highest BCUT2D eigenvalue weighted by molar-refractivity contribution is 5.96. The summed E-state index contributed by atoms with van der Waals surface area (Å²) in [5, 5.41) is 11.5. The minimum atomic E-state index is -1.08. The van der Waals surface area contributed by atoms with Gasteiger partial charge in [-0.3, -0.25) is 9.59 Å². The van der Waals surface area contributed by atoms with Crippen molar-refractivity contribution in [1.82, 2.24) is 5.32 Å². The van der Waals surface area contributed by atoms with Gasteiger partial charge in [0.05, 0.1) is 0 Å². The topological polar surface area (TPSA) is 95.9 Å². The summed E-state index contributed by atoms with van der Waals surface area (Å²) in [5.74, 6) is -1.37. The van der Waals surface area contributed by atoms with E-state index in [1.165, 1.54) is 0 Å². The van der Waals surface area contributed by atoms with Crippen LogP contribution in [0.4, 0.5) is 5.69 Å². The van der Waals surface area contributed by atoms with Gasteiger partial charge in [0.1, 0.15) is 11.8 Å². The molecule has 2 N–H and O–H groups in total. The van der Waals surface area contributed by atoms with Crippen LogP contribution in [0.25, 0.3) is 0 Å². The number of nitrogens with zero attached hydrogens (tertiary/aromatic N) is 1. The van der Waals surface area contributed by atoms with Gasteiger partial charge in [-0.2, -0.15) is 0 Å². The molecule has 0 aliphatic carbocycles. The van der Waals surface area contributed by atoms with Crippen LogP contribution in [0.5, 0.6) is 5.75 Å². The monoisotopic (exact) mass is 364 g/mol. The Bertz CT molecular complexity index is 647. The summed E-state index contributed by atoms with van der Waals surface area (Å²) >= 11 is 0. The van der Waals surface area contributed by atoms with Crippen LogP contribution in [-0.4, -0.2) is 42.6 Å². The van der Waals surface area contributed by atoms with Crippen molar-refractivity contribution in [2.24, 2.45) is 11.3 Å². The highest BCUT2D eigenvalue weighted by atomic mass is 16.5. The molecule has 0 spiro atoms. The Morgan fingerprint density at radius 3 is 2.12 bits per heavy atom. The molecule has 0 saturated carbocycles. The molecule has 1 rings (SSSR count).